The molecule has 1 saturated heterocycles. The van der Waals surface area contributed by atoms with Crippen LogP contribution in [-0.4, -0.2) is 53.1 Å². The van der Waals surface area contributed by atoms with Gasteiger partial charge in [0, 0.05) is 32.1 Å². The second-order valence-electron chi connectivity index (χ2n) is 6.00. The first-order valence-corrected chi connectivity index (χ1v) is 10.4. The Balaban J connectivity index is 1.86. The molecule has 0 bridgehead atoms. The first-order valence-electron chi connectivity index (χ1n) is 8.24. The molecule has 1 aromatic heterocycles. The number of carbonyl (C=O) groups excluding carboxylic acids is 1. The van der Waals surface area contributed by atoms with E-state index in [1.54, 1.807) is 18.2 Å². The summed E-state index contributed by atoms with van der Waals surface area (Å²) in [6.07, 6.45) is 2.69. The van der Waals surface area contributed by atoms with Crippen molar-refractivity contribution < 1.29 is 13.2 Å². The SMILES string of the molecule is NCCC(=O)NCC1CCCCN1S(=O)(=O)c1cccc2nsnc12. The van der Waals surface area contributed by atoms with Crippen molar-refractivity contribution in [1.29, 1.82) is 0 Å². The predicted octanol–water partition coefficient (Wildman–Crippen LogP) is 0.700. The highest BCUT2D eigenvalue weighted by molar-refractivity contribution is 7.89. The van der Waals surface area contributed by atoms with Gasteiger partial charge in [0.15, 0.2) is 0 Å². The Morgan fingerprint density at radius 2 is 2.20 bits per heavy atom. The zero-order valence-electron chi connectivity index (χ0n) is 13.7. The van der Waals surface area contributed by atoms with Crippen molar-refractivity contribution in [3.63, 3.8) is 0 Å². The van der Waals surface area contributed by atoms with E-state index in [2.05, 4.69) is 14.1 Å². The Hall–Kier alpha value is -1.62. The number of hydrogen-bond acceptors (Lipinski definition) is 7. The van der Waals surface area contributed by atoms with Crippen molar-refractivity contribution in [3.05, 3.63) is 18.2 Å². The first kappa shape index (κ1) is 18.2. The summed E-state index contributed by atoms with van der Waals surface area (Å²) in [4.78, 5) is 11.9. The number of hydrogen-bond donors (Lipinski definition) is 2. The highest BCUT2D eigenvalue weighted by atomic mass is 32.2. The van der Waals surface area contributed by atoms with E-state index < -0.39 is 10.0 Å². The van der Waals surface area contributed by atoms with Crippen molar-refractivity contribution in [2.45, 2.75) is 36.6 Å². The minimum atomic E-state index is -3.71. The molecule has 25 heavy (non-hydrogen) atoms. The average molecular weight is 383 g/mol. The predicted molar refractivity (Wildman–Crippen MR) is 95.6 cm³/mol. The number of carbonyl (C=O) groups is 1. The van der Waals surface area contributed by atoms with Crippen LogP contribution in [0.2, 0.25) is 0 Å². The molecular formula is C15H21N5O3S2. The summed E-state index contributed by atoms with van der Waals surface area (Å²) in [7, 11) is -3.71. The topological polar surface area (TPSA) is 118 Å². The molecule has 1 fully saturated rings. The zero-order valence-corrected chi connectivity index (χ0v) is 15.4. The fraction of sp³-hybridized carbons (Fsp3) is 0.533. The molecule has 2 heterocycles. The molecule has 1 aliphatic rings. The number of fused-ring (bicyclic) bond motifs is 1. The van der Waals surface area contributed by atoms with Crippen molar-refractivity contribution >= 4 is 38.7 Å². The van der Waals surface area contributed by atoms with Gasteiger partial charge in [0.1, 0.15) is 15.9 Å². The van der Waals surface area contributed by atoms with Gasteiger partial charge in [-0.05, 0) is 25.0 Å². The van der Waals surface area contributed by atoms with Crippen molar-refractivity contribution in [2.24, 2.45) is 5.73 Å². The number of rotatable bonds is 6. The van der Waals surface area contributed by atoms with Crippen LogP contribution in [0.25, 0.3) is 11.0 Å². The normalized spacial score (nSPS) is 19.2. The van der Waals surface area contributed by atoms with E-state index in [-0.39, 0.29) is 29.8 Å². The molecule has 3 rings (SSSR count). The lowest BCUT2D eigenvalue weighted by Crippen LogP contribution is -2.49. The van der Waals surface area contributed by atoms with E-state index in [0.717, 1.165) is 24.6 Å². The average Bonchev–Trinajstić information content (AvgIpc) is 3.09. The summed E-state index contributed by atoms with van der Waals surface area (Å²) in [5.74, 6) is -0.156. The summed E-state index contributed by atoms with van der Waals surface area (Å²) >= 11 is 0.998. The maximum absolute atomic E-state index is 13.2. The molecule has 136 valence electrons. The van der Waals surface area contributed by atoms with E-state index in [1.807, 2.05) is 0 Å². The van der Waals surface area contributed by atoms with Crippen molar-refractivity contribution in [1.82, 2.24) is 18.4 Å². The molecule has 1 amide bonds. The molecule has 1 atom stereocenters. The quantitative estimate of drug-likeness (QED) is 0.758. The van der Waals surface area contributed by atoms with Crippen LogP contribution < -0.4 is 11.1 Å². The monoisotopic (exact) mass is 383 g/mol. The molecule has 1 unspecified atom stereocenters. The summed E-state index contributed by atoms with van der Waals surface area (Å²) in [6, 6.07) is 4.73. The summed E-state index contributed by atoms with van der Waals surface area (Å²) < 4.78 is 36.2. The van der Waals surface area contributed by atoms with Gasteiger partial charge in [-0.1, -0.05) is 12.5 Å². The van der Waals surface area contributed by atoms with Crippen LogP contribution in [0.15, 0.2) is 23.1 Å². The largest absolute Gasteiger partial charge is 0.354 e. The second kappa shape index (κ2) is 7.73. The van der Waals surface area contributed by atoms with Crippen LogP contribution in [0.5, 0.6) is 0 Å². The van der Waals surface area contributed by atoms with Gasteiger partial charge in [-0.3, -0.25) is 4.79 Å². The van der Waals surface area contributed by atoms with Crippen LogP contribution in [0.4, 0.5) is 0 Å². The number of sulfonamides is 1. The molecule has 2 aromatic rings. The third-order valence-electron chi connectivity index (χ3n) is 4.32. The third kappa shape index (κ3) is 3.81. The van der Waals surface area contributed by atoms with Gasteiger partial charge in [-0.2, -0.15) is 13.1 Å². The molecule has 0 saturated carbocycles. The number of amides is 1. The van der Waals surface area contributed by atoms with Gasteiger partial charge < -0.3 is 11.1 Å². The Morgan fingerprint density at radius 1 is 1.36 bits per heavy atom. The van der Waals surface area contributed by atoms with E-state index in [0.29, 0.717) is 30.5 Å². The molecule has 1 aliphatic heterocycles. The van der Waals surface area contributed by atoms with Crippen molar-refractivity contribution in [3.8, 4) is 0 Å². The van der Waals surface area contributed by atoms with Crippen LogP contribution in [-0.2, 0) is 14.8 Å². The summed E-state index contributed by atoms with van der Waals surface area (Å²) in [5, 5.41) is 2.79. The highest BCUT2D eigenvalue weighted by Gasteiger charge is 2.35. The maximum Gasteiger partial charge on any atom is 0.245 e. The van der Waals surface area contributed by atoms with Crippen LogP contribution >= 0.6 is 11.7 Å². The van der Waals surface area contributed by atoms with Gasteiger partial charge >= 0.3 is 0 Å². The number of benzene rings is 1. The smallest absolute Gasteiger partial charge is 0.245 e. The van der Waals surface area contributed by atoms with Crippen LogP contribution in [0.1, 0.15) is 25.7 Å². The van der Waals surface area contributed by atoms with E-state index >= 15 is 0 Å². The number of aromatic nitrogens is 2. The molecule has 8 nitrogen and oxygen atoms in total. The zero-order chi connectivity index (χ0) is 17.9. The number of nitrogens with two attached hydrogens (primary N) is 1. The van der Waals surface area contributed by atoms with Gasteiger partial charge in [-0.25, -0.2) is 8.42 Å². The molecular weight excluding hydrogens is 362 g/mol. The Morgan fingerprint density at radius 3 is 3.00 bits per heavy atom. The Bertz CT molecular complexity index is 852. The second-order valence-corrected chi connectivity index (χ2v) is 8.38. The third-order valence-corrected chi connectivity index (χ3v) is 6.84. The van der Waals surface area contributed by atoms with Gasteiger partial charge in [0.2, 0.25) is 15.9 Å². The Kier molecular flexibility index (Phi) is 5.62. The lowest BCUT2D eigenvalue weighted by Gasteiger charge is -2.34. The first-order chi connectivity index (χ1) is 12.0. The fourth-order valence-electron chi connectivity index (χ4n) is 3.06. The number of piperidine rings is 1. The minimum Gasteiger partial charge on any atom is -0.354 e. The maximum atomic E-state index is 13.2. The van der Waals surface area contributed by atoms with E-state index in [1.165, 1.54) is 4.31 Å². The lowest BCUT2D eigenvalue weighted by atomic mass is 10.1. The summed E-state index contributed by atoms with van der Waals surface area (Å²) in [6.45, 7) is 1.01. The standard InChI is InChI=1S/C15H21N5O3S2/c16-8-7-14(21)17-10-11-4-1-2-9-20(11)25(22,23)13-6-3-5-12-15(13)19-24-18-12/h3,5-6,11H,1-2,4,7-10,16H2,(H,17,21). The number of nitrogens with one attached hydrogen (secondary N) is 1. The van der Waals surface area contributed by atoms with Crippen LogP contribution in [0, 0.1) is 0 Å². The van der Waals surface area contributed by atoms with E-state index in [9.17, 15) is 13.2 Å². The van der Waals surface area contributed by atoms with Gasteiger partial charge in [0.25, 0.3) is 0 Å². The number of nitrogens with zero attached hydrogens (tertiary/aromatic N) is 3. The Labute approximate surface area is 150 Å². The molecule has 0 spiro atoms. The molecule has 0 radical (unpaired) electrons. The molecule has 0 aliphatic carbocycles. The van der Waals surface area contributed by atoms with Crippen molar-refractivity contribution in [2.75, 3.05) is 19.6 Å². The molecule has 10 heteroatoms. The van der Waals surface area contributed by atoms with Gasteiger partial charge in [0.05, 0.1) is 11.7 Å². The van der Waals surface area contributed by atoms with Crippen LogP contribution in [0.3, 0.4) is 0 Å². The highest BCUT2D eigenvalue weighted by Crippen LogP contribution is 2.29. The lowest BCUT2D eigenvalue weighted by molar-refractivity contribution is -0.121. The minimum absolute atomic E-state index is 0.156. The molecule has 3 N–H and O–H groups in total. The van der Waals surface area contributed by atoms with E-state index in [4.69, 9.17) is 5.73 Å². The fourth-order valence-corrected chi connectivity index (χ4v) is 5.51. The summed E-state index contributed by atoms with van der Waals surface area (Å²) in [5.41, 5.74) is 6.36. The molecule has 1 aromatic carbocycles. The van der Waals surface area contributed by atoms with Gasteiger partial charge in [-0.15, -0.1) is 0 Å².